The maximum Gasteiger partial charge on any atom is 0.305 e. The van der Waals surface area contributed by atoms with E-state index in [2.05, 4.69) is 31.3 Å². The molecule has 1 amide bonds. The van der Waals surface area contributed by atoms with Crippen LogP contribution in [0.5, 0.6) is 0 Å². The van der Waals surface area contributed by atoms with Crippen LogP contribution in [0.4, 0.5) is 0 Å². The normalized spacial score (nSPS) is 12.6. The van der Waals surface area contributed by atoms with Gasteiger partial charge >= 0.3 is 5.97 Å². The highest BCUT2D eigenvalue weighted by Crippen LogP contribution is 2.19. The van der Waals surface area contributed by atoms with Gasteiger partial charge in [-0.25, -0.2) is 0 Å². The molecule has 2 unspecified atom stereocenters. The van der Waals surface area contributed by atoms with Crippen molar-refractivity contribution in [3.63, 3.8) is 0 Å². The average molecular weight is 1020 g/mol. The molecule has 0 rings (SSSR count). The van der Waals surface area contributed by atoms with Gasteiger partial charge in [-0.15, -0.1) is 0 Å². The number of carbonyl (C=O) groups excluding carboxylic acids is 2. The molecule has 72 heavy (non-hydrogen) atoms. The van der Waals surface area contributed by atoms with E-state index in [1.807, 2.05) is 0 Å². The van der Waals surface area contributed by atoms with Gasteiger partial charge in [-0.1, -0.05) is 321 Å². The van der Waals surface area contributed by atoms with Crippen LogP contribution in [0.25, 0.3) is 0 Å². The van der Waals surface area contributed by atoms with E-state index < -0.39 is 12.1 Å². The zero-order chi connectivity index (χ0) is 52.2. The van der Waals surface area contributed by atoms with Crippen LogP contribution in [0.3, 0.4) is 0 Å². The molecular weight excluding hydrogens is 887 g/mol. The van der Waals surface area contributed by atoms with Gasteiger partial charge in [-0.05, 0) is 51.4 Å². The van der Waals surface area contributed by atoms with Crippen LogP contribution in [0, 0.1) is 0 Å². The Labute approximate surface area is 450 Å². The molecule has 0 aromatic carbocycles. The van der Waals surface area contributed by atoms with E-state index in [4.69, 9.17) is 4.74 Å². The van der Waals surface area contributed by atoms with Crippen molar-refractivity contribution >= 4 is 11.9 Å². The molecule has 0 bridgehead atoms. The molecule has 0 spiro atoms. The van der Waals surface area contributed by atoms with Gasteiger partial charge in [0, 0.05) is 12.8 Å². The van der Waals surface area contributed by atoms with Gasteiger partial charge in [0.2, 0.25) is 5.91 Å². The molecule has 0 aliphatic carbocycles. The molecule has 0 aromatic rings. The molecule has 0 heterocycles. The average Bonchev–Trinajstić information content (AvgIpc) is 3.38. The number of ether oxygens (including phenoxy) is 1. The van der Waals surface area contributed by atoms with Crippen molar-refractivity contribution in [3.05, 3.63) is 12.2 Å². The second-order valence-electron chi connectivity index (χ2n) is 22.8. The van der Waals surface area contributed by atoms with Crippen molar-refractivity contribution in [2.75, 3.05) is 13.2 Å². The van der Waals surface area contributed by atoms with E-state index in [1.165, 1.54) is 289 Å². The maximum atomic E-state index is 12.5. The number of amides is 1. The Hall–Kier alpha value is -1.40. The van der Waals surface area contributed by atoms with Crippen LogP contribution in [0.1, 0.15) is 373 Å². The molecule has 0 radical (unpaired) electrons. The Balaban J connectivity index is 3.42. The molecule has 0 aliphatic heterocycles. The lowest BCUT2D eigenvalue weighted by Gasteiger charge is -2.22. The molecule has 2 atom stereocenters. The maximum absolute atomic E-state index is 12.5. The van der Waals surface area contributed by atoms with E-state index in [0.29, 0.717) is 25.9 Å². The van der Waals surface area contributed by atoms with Crippen molar-refractivity contribution in [2.24, 2.45) is 0 Å². The number of aliphatic hydroxyl groups excluding tert-OH is 2. The number of hydrogen-bond donors (Lipinski definition) is 3. The first-order valence-corrected chi connectivity index (χ1v) is 32.9. The highest BCUT2D eigenvalue weighted by Gasteiger charge is 2.20. The van der Waals surface area contributed by atoms with Crippen molar-refractivity contribution in [1.82, 2.24) is 5.32 Å². The molecule has 0 aromatic heterocycles. The number of carbonyl (C=O) groups is 2. The molecule has 6 nitrogen and oxygen atoms in total. The predicted octanol–water partition coefficient (Wildman–Crippen LogP) is 20.8. The molecule has 0 fully saturated rings. The Bertz CT molecular complexity index is 1080. The van der Waals surface area contributed by atoms with E-state index >= 15 is 0 Å². The lowest BCUT2D eigenvalue weighted by atomic mass is 10.0. The van der Waals surface area contributed by atoms with E-state index in [-0.39, 0.29) is 18.5 Å². The second-order valence-corrected chi connectivity index (χ2v) is 22.8. The summed E-state index contributed by atoms with van der Waals surface area (Å²) in [7, 11) is 0. The van der Waals surface area contributed by atoms with Crippen LogP contribution in [-0.2, 0) is 14.3 Å². The summed E-state index contributed by atoms with van der Waals surface area (Å²) in [4.78, 5) is 24.6. The number of esters is 1. The number of allylic oxidation sites excluding steroid dienone is 2. The quantitative estimate of drug-likeness (QED) is 0.0320. The van der Waals surface area contributed by atoms with Crippen molar-refractivity contribution in [1.29, 1.82) is 0 Å². The first-order valence-electron chi connectivity index (χ1n) is 32.9. The van der Waals surface area contributed by atoms with Gasteiger partial charge in [0.1, 0.15) is 0 Å². The fourth-order valence-corrected chi connectivity index (χ4v) is 10.5. The van der Waals surface area contributed by atoms with Gasteiger partial charge in [0.05, 0.1) is 25.4 Å². The van der Waals surface area contributed by atoms with Gasteiger partial charge in [-0.3, -0.25) is 9.59 Å². The lowest BCUT2D eigenvalue weighted by molar-refractivity contribution is -0.143. The van der Waals surface area contributed by atoms with Gasteiger partial charge in [0.25, 0.3) is 0 Å². The summed E-state index contributed by atoms with van der Waals surface area (Å²) < 4.78 is 5.48. The first kappa shape index (κ1) is 70.6. The Morgan fingerprint density at radius 1 is 0.375 bits per heavy atom. The Kier molecular flexibility index (Phi) is 60.9. The van der Waals surface area contributed by atoms with Gasteiger partial charge < -0.3 is 20.3 Å². The molecule has 0 saturated carbocycles. The highest BCUT2D eigenvalue weighted by atomic mass is 16.5. The molecular formula is C66H129NO5. The summed E-state index contributed by atoms with van der Waals surface area (Å²) in [6, 6.07) is -0.549. The first-order chi connectivity index (χ1) is 35.5. The molecule has 6 heteroatoms. The molecule has 0 aliphatic rings. The number of unbranched alkanes of at least 4 members (excludes halogenated alkanes) is 49. The van der Waals surface area contributed by atoms with Crippen LogP contribution in [0.2, 0.25) is 0 Å². The standard InChI is InChI=1S/C66H129NO5/c1-3-5-7-9-11-13-15-17-19-21-22-23-24-25-26-27-28-30-34-38-42-46-50-54-58-64(69)63(62-68)67-65(70)59-55-51-47-43-39-35-31-29-33-37-41-45-49-53-57-61-72-66(71)60-56-52-48-44-40-36-32-20-18-16-14-12-10-8-6-4-2/h20,32,63-64,68-69H,3-19,21-31,33-62H2,1-2H3,(H,67,70)/b32-20-. The number of aliphatic hydroxyl groups is 2. The number of rotatable bonds is 62. The van der Waals surface area contributed by atoms with Crippen molar-refractivity contribution < 1.29 is 24.5 Å². The van der Waals surface area contributed by atoms with E-state index in [1.54, 1.807) is 0 Å². The third-order valence-electron chi connectivity index (χ3n) is 15.6. The Morgan fingerprint density at radius 2 is 0.653 bits per heavy atom. The minimum atomic E-state index is -0.671. The zero-order valence-corrected chi connectivity index (χ0v) is 48.9. The SMILES string of the molecule is CCCCCCCCC/C=C\CCCCCCCC(=O)OCCCCCCCCCCCCCCCCCC(=O)NC(CO)C(O)CCCCCCCCCCCCCCCCCCCCCCCCCC. The second kappa shape index (κ2) is 62.1. The van der Waals surface area contributed by atoms with Crippen LogP contribution in [0.15, 0.2) is 12.2 Å². The van der Waals surface area contributed by atoms with Crippen molar-refractivity contribution in [2.45, 2.75) is 386 Å². The molecule has 0 saturated heterocycles. The topological polar surface area (TPSA) is 95.9 Å². The summed E-state index contributed by atoms with van der Waals surface area (Å²) in [5, 5.41) is 23.4. The third-order valence-corrected chi connectivity index (χ3v) is 15.6. The van der Waals surface area contributed by atoms with Gasteiger partial charge in [-0.2, -0.15) is 0 Å². The third kappa shape index (κ3) is 57.9. The van der Waals surface area contributed by atoms with Gasteiger partial charge in [0.15, 0.2) is 0 Å². The smallest absolute Gasteiger partial charge is 0.305 e. The summed E-state index contributed by atoms with van der Waals surface area (Å²) in [5.41, 5.74) is 0. The fraction of sp³-hybridized carbons (Fsp3) is 0.939. The summed E-state index contributed by atoms with van der Waals surface area (Å²) in [5.74, 6) is -0.0442. The van der Waals surface area contributed by atoms with Crippen LogP contribution in [-0.4, -0.2) is 47.4 Å². The number of hydrogen-bond acceptors (Lipinski definition) is 5. The molecule has 3 N–H and O–H groups in total. The fourth-order valence-electron chi connectivity index (χ4n) is 10.5. The molecule has 428 valence electrons. The predicted molar refractivity (Wildman–Crippen MR) is 315 cm³/mol. The van der Waals surface area contributed by atoms with E-state index in [9.17, 15) is 19.8 Å². The zero-order valence-electron chi connectivity index (χ0n) is 48.9. The van der Waals surface area contributed by atoms with E-state index in [0.717, 1.165) is 51.4 Å². The van der Waals surface area contributed by atoms with Crippen molar-refractivity contribution in [3.8, 4) is 0 Å². The minimum absolute atomic E-state index is 0.00522. The largest absolute Gasteiger partial charge is 0.466 e. The number of nitrogens with one attached hydrogen (secondary N) is 1. The minimum Gasteiger partial charge on any atom is -0.466 e. The summed E-state index contributed by atoms with van der Waals surface area (Å²) in [6.07, 6.45) is 75.1. The highest BCUT2D eigenvalue weighted by molar-refractivity contribution is 5.76. The van der Waals surface area contributed by atoms with Crippen LogP contribution < -0.4 is 5.32 Å². The summed E-state index contributed by atoms with van der Waals surface area (Å²) >= 11 is 0. The Morgan fingerprint density at radius 3 is 0.986 bits per heavy atom. The summed E-state index contributed by atoms with van der Waals surface area (Å²) in [6.45, 7) is 4.97. The lowest BCUT2D eigenvalue weighted by Crippen LogP contribution is -2.45. The van der Waals surface area contributed by atoms with Crippen LogP contribution >= 0.6 is 0 Å². The monoisotopic (exact) mass is 1020 g/mol.